The maximum atomic E-state index is 13.3. The first kappa shape index (κ1) is 20.2. The number of amides is 2. The number of benzene rings is 1. The third-order valence-corrected chi connectivity index (χ3v) is 4.61. The van der Waals surface area contributed by atoms with Crippen molar-refractivity contribution in [3.8, 4) is 0 Å². The van der Waals surface area contributed by atoms with Gasteiger partial charge in [-0.05, 0) is 63.8 Å². The third-order valence-electron chi connectivity index (χ3n) is 4.61. The highest BCUT2D eigenvalue weighted by Gasteiger charge is 2.30. The molecule has 0 atom stereocenters. The Hall–Kier alpha value is -2.11. The van der Waals surface area contributed by atoms with Crippen molar-refractivity contribution in [1.29, 1.82) is 0 Å². The van der Waals surface area contributed by atoms with Gasteiger partial charge in [-0.25, -0.2) is 9.18 Å². The molecule has 2 amide bonds. The van der Waals surface area contributed by atoms with Crippen molar-refractivity contribution in [1.82, 2.24) is 9.80 Å². The molecular weight excluding hydrogens is 335 g/mol. The molecule has 1 aromatic carbocycles. The van der Waals surface area contributed by atoms with E-state index in [9.17, 15) is 14.0 Å². The van der Waals surface area contributed by atoms with Gasteiger partial charge in [0.1, 0.15) is 11.4 Å². The highest BCUT2D eigenvalue weighted by molar-refractivity contribution is 5.74. The topological polar surface area (TPSA) is 49.9 Å². The SMILES string of the molecule is CC(=O)N(Cc1ccc(F)cc1C)C1CCN(C(=O)OC(C)(C)C)CC1. The second kappa shape index (κ2) is 8.06. The van der Waals surface area contributed by atoms with Gasteiger partial charge in [0.2, 0.25) is 5.91 Å². The molecule has 0 saturated carbocycles. The first-order chi connectivity index (χ1) is 12.1. The Bertz CT molecular complexity index is 662. The van der Waals surface area contributed by atoms with Gasteiger partial charge in [0, 0.05) is 32.6 Å². The quantitative estimate of drug-likeness (QED) is 0.818. The summed E-state index contributed by atoms with van der Waals surface area (Å²) in [5.41, 5.74) is 1.26. The Morgan fingerprint density at radius 1 is 1.27 bits per heavy atom. The fourth-order valence-electron chi connectivity index (χ4n) is 3.20. The van der Waals surface area contributed by atoms with Crippen molar-refractivity contribution >= 4 is 12.0 Å². The number of piperidine rings is 1. The van der Waals surface area contributed by atoms with Crippen molar-refractivity contribution in [3.63, 3.8) is 0 Å². The lowest BCUT2D eigenvalue weighted by molar-refractivity contribution is -0.132. The van der Waals surface area contributed by atoms with E-state index in [1.807, 2.05) is 32.6 Å². The van der Waals surface area contributed by atoms with Crippen LogP contribution in [0.4, 0.5) is 9.18 Å². The smallest absolute Gasteiger partial charge is 0.410 e. The maximum absolute atomic E-state index is 13.3. The Kier molecular flexibility index (Phi) is 6.26. The number of nitrogens with zero attached hydrogens (tertiary/aromatic N) is 2. The number of aryl methyl sites for hydroxylation is 1. The summed E-state index contributed by atoms with van der Waals surface area (Å²) < 4.78 is 18.7. The van der Waals surface area contributed by atoms with Gasteiger partial charge < -0.3 is 14.5 Å². The maximum Gasteiger partial charge on any atom is 0.410 e. The van der Waals surface area contributed by atoms with Gasteiger partial charge >= 0.3 is 6.09 Å². The monoisotopic (exact) mass is 364 g/mol. The number of carbonyl (C=O) groups excluding carboxylic acids is 2. The molecular formula is C20H29FN2O3. The lowest BCUT2D eigenvalue weighted by Crippen LogP contribution is -2.49. The fourth-order valence-corrected chi connectivity index (χ4v) is 3.20. The molecule has 1 aromatic rings. The molecule has 1 heterocycles. The second-order valence-corrected chi connectivity index (χ2v) is 7.92. The van der Waals surface area contributed by atoms with Crippen LogP contribution in [-0.2, 0) is 16.1 Å². The molecule has 1 fully saturated rings. The minimum absolute atomic E-state index is 0.00977. The van der Waals surface area contributed by atoms with Crippen LogP contribution < -0.4 is 0 Å². The van der Waals surface area contributed by atoms with Crippen LogP contribution in [-0.4, -0.2) is 46.5 Å². The zero-order valence-electron chi connectivity index (χ0n) is 16.3. The first-order valence-electron chi connectivity index (χ1n) is 9.07. The van der Waals surface area contributed by atoms with Crippen LogP contribution >= 0.6 is 0 Å². The predicted octanol–water partition coefficient (Wildman–Crippen LogP) is 3.88. The molecule has 5 nitrogen and oxygen atoms in total. The van der Waals surface area contributed by atoms with E-state index >= 15 is 0 Å². The van der Waals surface area contributed by atoms with Crippen LogP contribution in [0.5, 0.6) is 0 Å². The van der Waals surface area contributed by atoms with Crippen molar-refractivity contribution in [3.05, 3.63) is 35.1 Å². The van der Waals surface area contributed by atoms with Gasteiger partial charge in [0.15, 0.2) is 0 Å². The van der Waals surface area contributed by atoms with Crippen molar-refractivity contribution in [2.24, 2.45) is 0 Å². The molecule has 0 N–H and O–H groups in total. The summed E-state index contributed by atoms with van der Waals surface area (Å²) in [5, 5.41) is 0. The number of hydrogen-bond donors (Lipinski definition) is 0. The molecule has 26 heavy (non-hydrogen) atoms. The van der Waals surface area contributed by atoms with Gasteiger partial charge in [-0.3, -0.25) is 4.79 Å². The molecule has 1 aliphatic heterocycles. The van der Waals surface area contributed by atoms with Crippen LogP contribution in [0.3, 0.4) is 0 Å². The van der Waals surface area contributed by atoms with E-state index in [4.69, 9.17) is 4.74 Å². The molecule has 6 heteroatoms. The molecule has 0 radical (unpaired) electrons. The zero-order valence-corrected chi connectivity index (χ0v) is 16.3. The summed E-state index contributed by atoms with van der Waals surface area (Å²) in [6.45, 7) is 10.5. The lowest BCUT2D eigenvalue weighted by atomic mass is 10.0. The van der Waals surface area contributed by atoms with E-state index in [2.05, 4.69) is 0 Å². The van der Waals surface area contributed by atoms with Gasteiger partial charge in [0.25, 0.3) is 0 Å². The molecule has 0 spiro atoms. The molecule has 1 aliphatic rings. The standard InChI is InChI=1S/C20H29FN2O3/c1-14-12-17(21)7-6-16(14)13-23(15(2)24)18-8-10-22(11-9-18)19(25)26-20(3,4)5/h6-7,12,18H,8-11,13H2,1-5H3. The van der Waals surface area contributed by atoms with Crippen molar-refractivity contribution in [2.75, 3.05) is 13.1 Å². The Morgan fingerprint density at radius 2 is 1.88 bits per heavy atom. The van der Waals surface area contributed by atoms with E-state index in [0.717, 1.165) is 11.1 Å². The Morgan fingerprint density at radius 3 is 2.38 bits per heavy atom. The number of hydrogen-bond acceptors (Lipinski definition) is 3. The van der Waals surface area contributed by atoms with Gasteiger partial charge in [0.05, 0.1) is 0 Å². The van der Waals surface area contributed by atoms with Crippen LogP contribution in [0, 0.1) is 12.7 Å². The second-order valence-electron chi connectivity index (χ2n) is 7.92. The molecule has 0 aliphatic carbocycles. The lowest BCUT2D eigenvalue weighted by Gasteiger charge is -2.38. The summed E-state index contributed by atoms with van der Waals surface area (Å²) in [7, 11) is 0. The van der Waals surface area contributed by atoms with E-state index in [0.29, 0.717) is 32.5 Å². The Balaban J connectivity index is 2.00. The average Bonchev–Trinajstić information content (AvgIpc) is 2.52. The highest BCUT2D eigenvalue weighted by Crippen LogP contribution is 2.22. The fraction of sp³-hybridized carbons (Fsp3) is 0.600. The minimum atomic E-state index is -0.514. The van der Waals surface area contributed by atoms with Crippen molar-refractivity contribution in [2.45, 2.75) is 65.6 Å². The van der Waals surface area contributed by atoms with Crippen LogP contribution in [0.15, 0.2) is 18.2 Å². The summed E-state index contributed by atoms with van der Waals surface area (Å²) in [6.07, 6.45) is 1.11. The molecule has 0 bridgehead atoms. The number of ether oxygens (including phenoxy) is 1. The van der Waals surface area contributed by atoms with E-state index in [1.54, 1.807) is 17.9 Å². The molecule has 2 rings (SSSR count). The van der Waals surface area contributed by atoms with Crippen LogP contribution in [0.25, 0.3) is 0 Å². The minimum Gasteiger partial charge on any atom is -0.444 e. The van der Waals surface area contributed by atoms with Crippen LogP contribution in [0.2, 0.25) is 0 Å². The zero-order chi connectivity index (χ0) is 19.5. The van der Waals surface area contributed by atoms with Gasteiger partial charge in [-0.15, -0.1) is 0 Å². The van der Waals surface area contributed by atoms with Crippen LogP contribution in [0.1, 0.15) is 51.7 Å². The predicted molar refractivity (Wildman–Crippen MR) is 98.2 cm³/mol. The number of likely N-dealkylation sites (tertiary alicyclic amines) is 1. The Labute approximate surface area is 155 Å². The van der Waals surface area contributed by atoms with E-state index in [1.165, 1.54) is 12.1 Å². The largest absolute Gasteiger partial charge is 0.444 e. The number of rotatable bonds is 3. The highest BCUT2D eigenvalue weighted by atomic mass is 19.1. The molecule has 1 saturated heterocycles. The third kappa shape index (κ3) is 5.44. The van der Waals surface area contributed by atoms with Crippen molar-refractivity contribution < 1.29 is 18.7 Å². The van der Waals surface area contributed by atoms with E-state index in [-0.39, 0.29) is 23.9 Å². The first-order valence-corrected chi connectivity index (χ1v) is 9.07. The average molecular weight is 364 g/mol. The molecule has 144 valence electrons. The number of carbonyl (C=O) groups is 2. The normalized spacial score (nSPS) is 15.7. The summed E-state index contributed by atoms with van der Waals surface area (Å²) in [5.74, 6) is -0.282. The number of halogens is 1. The molecule has 0 unspecified atom stereocenters. The summed E-state index contributed by atoms with van der Waals surface area (Å²) in [4.78, 5) is 27.9. The van der Waals surface area contributed by atoms with E-state index < -0.39 is 5.60 Å². The van der Waals surface area contributed by atoms with Gasteiger partial charge in [-0.2, -0.15) is 0 Å². The van der Waals surface area contributed by atoms with Gasteiger partial charge in [-0.1, -0.05) is 6.07 Å². The summed E-state index contributed by atoms with van der Waals surface area (Å²) in [6, 6.07) is 4.71. The molecule has 0 aromatic heterocycles. The summed E-state index contributed by atoms with van der Waals surface area (Å²) >= 11 is 0.